The van der Waals surface area contributed by atoms with Crippen LogP contribution in [0.2, 0.25) is 0 Å². The van der Waals surface area contributed by atoms with Gasteiger partial charge in [-0.15, -0.1) is 0 Å². The molecule has 0 radical (unpaired) electrons. The van der Waals surface area contributed by atoms with Crippen LogP contribution in [0.4, 0.5) is 0 Å². The average molecular weight is 207 g/mol. The molecule has 3 fully saturated rings. The van der Waals surface area contributed by atoms with Crippen LogP contribution in [0.3, 0.4) is 0 Å². The minimum absolute atomic E-state index is 0.593. The van der Waals surface area contributed by atoms with Gasteiger partial charge in [-0.3, -0.25) is 0 Å². The van der Waals surface area contributed by atoms with Gasteiger partial charge in [0.25, 0.3) is 0 Å². The van der Waals surface area contributed by atoms with Crippen LogP contribution in [-0.4, -0.2) is 12.1 Å². The Labute approximate surface area is 94.0 Å². The highest BCUT2D eigenvalue weighted by Gasteiger charge is 2.45. The fourth-order valence-electron chi connectivity index (χ4n) is 4.66. The Balaban J connectivity index is 1.74. The number of nitrogens with one attached hydrogen (secondary N) is 1. The zero-order valence-electron chi connectivity index (χ0n) is 9.99. The summed E-state index contributed by atoms with van der Waals surface area (Å²) in [5.74, 6) is 0. The molecule has 86 valence electrons. The Morgan fingerprint density at radius 1 is 0.667 bits per heavy atom. The summed E-state index contributed by atoms with van der Waals surface area (Å²) in [6.45, 7) is 1.29. The van der Waals surface area contributed by atoms with E-state index in [1.54, 1.807) is 0 Å². The third-order valence-corrected chi connectivity index (χ3v) is 5.32. The second-order valence-electron chi connectivity index (χ2n) is 6.40. The second kappa shape index (κ2) is 3.76. The maximum atomic E-state index is 3.84. The molecule has 0 aromatic carbocycles. The Morgan fingerprint density at radius 3 is 2.13 bits per heavy atom. The molecule has 0 amide bonds. The molecule has 1 saturated heterocycles. The van der Waals surface area contributed by atoms with Crippen LogP contribution in [0.1, 0.15) is 70.6 Å². The first-order valence-corrected chi connectivity index (χ1v) is 7.08. The Kier molecular flexibility index (Phi) is 2.54. The summed E-state index contributed by atoms with van der Waals surface area (Å²) in [6, 6.07) is 0. The summed E-state index contributed by atoms with van der Waals surface area (Å²) >= 11 is 0. The predicted octanol–water partition coefficient (Wildman–Crippen LogP) is 3.63. The van der Waals surface area contributed by atoms with Gasteiger partial charge in [0.15, 0.2) is 0 Å². The van der Waals surface area contributed by atoms with Crippen molar-refractivity contribution in [2.75, 3.05) is 6.54 Å². The maximum Gasteiger partial charge on any atom is 0.0187 e. The standard InChI is InChI=1S/C14H25N/c1-2-6-13(7-3-1)8-4-9-14(12-13)10-5-11-15-14/h15H,1-12H2. The summed E-state index contributed by atoms with van der Waals surface area (Å²) in [4.78, 5) is 0. The molecular formula is C14H25N. The first-order chi connectivity index (χ1) is 7.33. The normalized spacial score (nSPS) is 40.0. The monoisotopic (exact) mass is 207 g/mol. The average Bonchev–Trinajstić information content (AvgIpc) is 2.67. The Bertz CT molecular complexity index is 216. The van der Waals surface area contributed by atoms with E-state index in [0.29, 0.717) is 5.54 Å². The van der Waals surface area contributed by atoms with Crippen LogP contribution in [0.15, 0.2) is 0 Å². The second-order valence-corrected chi connectivity index (χ2v) is 6.40. The van der Waals surface area contributed by atoms with Crippen LogP contribution >= 0.6 is 0 Å². The predicted molar refractivity (Wildman–Crippen MR) is 64.0 cm³/mol. The van der Waals surface area contributed by atoms with E-state index in [1.807, 2.05) is 0 Å². The lowest BCUT2D eigenvalue weighted by Crippen LogP contribution is -2.48. The topological polar surface area (TPSA) is 12.0 Å². The SMILES string of the molecule is C1CCC2(CC1)CCCC1(CCCN1)C2. The molecule has 1 heteroatoms. The van der Waals surface area contributed by atoms with Crippen molar-refractivity contribution in [1.82, 2.24) is 5.32 Å². The third-order valence-electron chi connectivity index (χ3n) is 5.32. The van der Waals surface area contributed by atoms with Crippen molar-refractivity contribution in [3.05, 3.63) is 0 Å². The first-order valence-electron chi connectivity index (χ1n) is 7.08. The minimum Gasteiger partial charge on any atom is -0.311 e. The van der Waals surface area contributed by atoms with Gasteiger partial charge in [-0.2, -0.15) is 0 Å². The van der Waals surface area contributed by atoms with Crippen molar-refractivity contribution in [2.45, 2.75) is 76.2 Å². The smallest absolute Gasteiger partial charge is 0.0187 e. The molecule has 2 spiro atoms. The van der Waals surface area contributed by atoms with Crippen LogP contribution in [0, 0.1) is 5.41 Å². The van der Waals surface area contributed by atoms with Gasteiger partial charge >= 0.3 is 0 Å². The van der Waals surface area contributed by atoms with Crippen molar-refractivity contribution in [2.24, 2.45) is 5.41 Å². The van der Waals surface area contributed by atoms with Gasteiger partial charge in [0, 0.05) is 5.54 Å². The van der Waals surface area contributed by atoms with Gasteiger partial charge in [0.2, 0.25) is 0 Å². The van der Waals surface area contributed by atoms with Crippen LogP contribution in [0.25, 0.3) is 0 Å². The third kappa shape index (κ3) is 1.84. The van der Waals surface area contributed by atoms with Crippen molar-refractivity contribution in [1.29, 1.82) is 0 Å². The lowest BCUT2D eigenvalue weighted by atomic mass is 9.60. The zero-order valence-corrected chi connectivity index (χ0v) is 9.99. The first kappa shape index (κ1) is 10.1. The molecule has 15 heavy (non-hydrogen) atoms. The quantitative estimate of drug-likeness (QED) is 0.639. The highest BCUT2D eigenvalue weighted by molar-refractivity contribution is 5.02. The molecule has 0 aromatic heterocycles. The van der Waals surface area contributed by atoms with E-state index < -0.39 is 0 Å². The highest BCUT2D eigenvalue weighted by Crippen LogP contribution is 2.52. The highest BCUT2D eigenvalue weighted by atomic mass is 15.0. The van der Waals surface area contributed by atoms with Gasteiger partial charge in [0.1, 0.15) is 0 Å². The van der Waals surface area contributed by atoms with Crippen molar-refractivity contribution in [3.63, 3.8) is 0 Å². The van der Waals surface area contributed by atoms with Gasteiger partial charge in [-0.1, -0.05) is 25.7 Å². The van der Waals surface area contributed by atoms with Gasteiger partial charge in [0.05, 0.1) is 0 Å². The maximum absolute atomic E-state index is 3.84. The lowest BCUT2D eigenvalue weighted by Gasteiger charge is -2.48. The van der Waals surface area contributed by atoms with Gasteiger partial charge < -0.3 is 5.32 Å². The van der Waals surface area contributed by atoms with E-state index in [0.717, 1.165) is 5.41 Å². The molecule has 2 aliphatic carbocycles. The van der Waals surface area contributed by atoms with E-state index in [-0.39, 0.29) is 0 Å². The molecule has 1 unspecified atom stereocenters. The summed E-state index contributed by atoms with van der Waals surface area (Å²) in [5.41, 5.74) is 1.36. The van der Waals surface area contributed by atoms with Crippen molar-refractivity contribution < 1.29 is 0 Å². The van der Waals surface area contributed by atoms with Gasteiger partial charge in [-0.25, -0.2) is 0 Å². The van der Waals surface area contributed by atoms with E-state index in [4.69, 9.17) is 0 Å². The molecule has 2 saturated carbocycles. The molecule has 0 aromatic rings. The minimum atomic E-state index is 0.593. The van der Waals surface area contributed by atoms with Crippen LogP contribution in [0.5, 0.6) is 0 Å². The van der Waals surface area contributed by atoms with Crippen molar-refractivity contribution in [3.8, 4) is 0 Å². The fraction of sp³-hybridized carbons (Fsp3) is 1.00. The van der Waals surface area contributed by atoms with Crippen molar-refractivity contribution >= 4 is 0 Å². The molecule has 1 atom stereocenters. The molecule has 0 bridgehead atoms. The number of hydrogen-bond acceptors (Lipinski definition) is 1. The van der Waals surface area contributed by atoms with Crippen LogP contribution < -0.4 is 5.32 Å². The summed E-state index contributed by atoms with van der Waals surface area (Å²) in [7, 11) is 0. The van der Waals surface area contributed by atoms with Crippen LogP contribution in [-0.2, 0) is 0 Å². The molecule has 1 heterocycles. The largest absolute Gasteiger partial charge is 0.311 e. The Morgan fingerprint density at radius 2 is 1.40 bits per heavy atom. The summed E-state index contributed by atoms with van der Waals surface area (Å²) in [6.07, 6.45) is 16.5. The summed E-state index contributed by atoms with van der Waals surface area (Å²) < 4.78 is 0. The Hall–Kier alpha value is -0.0400. The number of hydrogen-bond donors (Lipinski definition) is 1. The summed E-state index contributed by atoms with van der Waals surface area (Å²) in [5, 5.41) is 3.84. The molecule has 1 N–H and O–H groups in total. The zero-order chi connectivity index (χ0) is 10.2. The number of rotatable bonds is 0. The van der Waals surface area contributed by atoms with E-state index in [9.17, 15) is 0 Å². The fourth-order valence-corrected chi connectivity index (χ4v) is 4.66. The van der Waals surface area contributed by atoms with E-state index in [2.05, 4.69) is 5.32 Å². The lowest BCUT2D eigenvalue weighted by molar-refractivity contribution is 0.0622. The van der Waals surface area contributed by atoms with E-state index in [1.165, 1.54) is 77.2 Å². The molecule has 1 nitrogen and oxygen atoms in total. The molecule has 3 rings (SSSR count). The molecular weight excluding hydrogens is 182 g/mol. The van der Waals surface area contributed by atoms with Gasteiger partial charge in [-0.05, 0) is 56.9 Å². The molecule has 1 aliphatic heterocycles. The molecule has 3 aliphatic rings. The van der Waals surface area contributed by atoms with E-state index >= 15 is 0 Å².